The molecule has 0 spiro atoms. The summed E-state index contributed by atoms with van der Waals surface area (Å²) < 4.78 is 10.8. The van der Waals surface area contributed by atoms with E-state index < -0.39 is 0 Å². The van der Waals surface area contributed by atoms with Crippen molar-refractivity contribution in [1.29, 1.82) is 0 Å². The number of hydrogen-bond acceptors (Lipinski definition) is 4. The van der Waals surface area contributed by atoms with E-state index in [1.807, 2.05) is 18.2 Å². The summed E-state index contributed by atoms with van der Waals surface area (Å²) in [4.78, 5) is 2.42. The minimum absolute atomic E-state index is 0.106. The molecule has 21 heavy (non-hydrogen) atoms. The Kier molecular flexibility index (Phi) is 6.49. The number of methoxy groups -OCH3 is 2. The predicted molar refractivity (Wildman–Crippen MR) is 88.1 cm³/mol. The maximum absolute atomic E-state index is 6.64. The van der Waals surface area contributed by atoms with Crippen LogP contribution < -0.4 is 15.2 Å². The SMILES string of the molecule is CCN(CC)C(C)(CC)C(N)c1ccc(OC)cc1OC. The Morgan fingerprint density at radius 2 is 1.76 bits per heavy atom. The van der Waals surface area contributed by atoms with Gasteiger partial charge in [0.2, 0.25) is 0 Å². The molecular formula is C17H30N2O2. The highest BCUT2D eigenvalue weighted by molar-refractivity contribution is 5.43. The van der Waals surface area contributed by atoms with E-state index in [4.69, 9.17) is 15.2 Å². The van der Waals surface area contributed by atoms with Gasteiger partial charge in [-0.1, -0.05) is 26.8 Å². The van der Waals surface area contributed by atoms with Gasteiger partial charge < -0.3 is 15.2 Å². The van der Waals surface area contributed by atoms with E-state index in [0.29, 0.717) is 0 Å². The zero-order chi connectivity index (χ0) is 16.0. The van der Waals surface area contributed by atoms with Gasteiger partial charge in [0.05, 0.1) is 20.3 Å². The van der Waals surface area contributed by atoms with E-state index >= 15 is 0 Å². The maximum Gasteiger partial charge on any atom is 0.127 e. The lowest BCUT2D eigenvalue weighted by Crippen LogP contribution is -2.53. The van der Waals surface area contributed by atoms with Crippen molar-refractivity contribution in [3.63, 3.8) is 0 Å². The topological polar surface area (TPSA) is 47.7 Å². The quantitative estimate of drug-likeness (QED) is 0.800. The van der Waals surface area contributed by atoms with E-state index in [1.54, 1.807) is 14.2 Å². The molecule has 1 rings (SSSR count). The third kappa shape index (κ3) is 3.50. The van der Waals surface area contributed by atoms with Gasteiger partial charge in [0.15, 0.2) is 0 Å². The molecule has 0 saturated heterocycles. The van der Waals surface area contributed by atoms with Crippen LogP contribution in [0.3, 0.4) is 0 Å². The van der Waals surface area contributed by atoms with Crippen LogP contribution in [0, 0.1) is 0 Å². The molecule has 0 radical (unpaired) electrons. The maximum atomic E-state index is 6.64. The molecule has 2 atom stereocenters. The van der Waals surface area contributed by atoms with Crippen molar-refractivity contribution < 1.29 is 9.47 Å². The Morgan fingerprint density at radius 1 is 1.14 bits per heavy atom. The summed E-state index contributed by atoms with van der Waals surface area (Å²) in [6.07, 6.45) is 0.977. The number of rotatable bonds is 8. The molecule has 0 aliphatic rings. The molecule has 0 saturated carbocycles. The molecule has 0 bridgehead atoms. The summed E-state index contributed by atoms with van der Waals surface area (Å²) >= 11 is 0. The highest BCUT2D eigenvalue weighted by atomic mass is 16.5. The minimum atomic E-state index is -0.122. The fourth-order valence-corrected chi connectivity index (χ4v) is 3.00. The van der Waals surface area contributed by atoms with Crippen LogP contribution in [-0.4, -0.2) is 37.7 Å². The molecule has 1 aromatic carbocycles. The van der Waals surface area contributed by atoms with Crippen LogP contribution in [-0.2, 0) is 0 Å². The number of ether oxygens (including phenoxy) is 2. The van der Waals surface area contributed by atoms with Crippen molar-refractivity contribution in [3.8, 4) is 11.5 Å². The Balaban J connectivity index is 3.24. The van der Waals surface area contributed by atoms with Crippen LogP contribution in [0.5, 0.6) is 11.5 Å². The van der Waals surface area contributed by atoms with Crippen LogP contribution in [0.25, 0.3) is 0 Å². The zero-order valence-corrected chi connectivity index (χ0v) is 14.3. The van der Waals surface area contributed by atoms with Crippen molar-refractivity contribution in [3.05, 3.63) is 23.8 Å². The standard InChI is InChI=1S/C17H30N2O2/c1-7-17(4,19(8-2)9-3)16(18)14-11-10-13(20-5)12-15(14)21-6/h10-12,16H,7-9,18H2,1-6H3. The Labute approximate surface area is 129 Å². The first-order valence-corrected chi connectivity index (χ1v) is 7.70. The van der Waals surface area contributed by atoms with E-state index in [1.165, 1.54) is 0 Å². The highest BCUT2D eigenvalue weighted by Crippen LogP contribution is 2.37. The first-order valence-electron chi connectivity index (χ1n) is 7.70. The molecule has 1 aromatic rings. The van der Waals surface area contributed by atoms with Crippen LogP contribution in [0.15, 0.2) is 18.2 Å². The summed E-state index contributed by atoms with van der Waals surface area (Å²) in [6, 6.07) is 5.73. The Hall–Kier alpha value is -1.26. The molecule has 0 aliphatic heterocycles. The van der Waals surface area contributed by atoms with Gasteiger partial charge in [-0.05, 0) is 32.5 Å². The Morgan fingerprint density at radius 3 is 2.19 bits per heavy atom. The molecule has 0 fully saturated rings. The second-order valence-electron chi connectivity index (χ2n) is 5.47. The molecule has 0 heterocycles. The average Bonchev–Trinajstić information content (AvgIpc) is 2.54. The predicted octanol–water partition coefficient (Wildman–Crippen LogP) is 3.21. The van der Waals surface area contributed by atoms with Gasteiger partial charge in [-0.15, -0.1) is 0 Å². The van der Waals surface area contributed by atoms with Crippen molar-refractivity contribution in [2.75, 3.05) is 27.3 Å². The number of nitrogens with zero attached hydrogens (tertiary/aromatic N) is 1. The molecule has 2 N–H and O–H groups in total. The summed E-state index contributed by atoms with van der Waals surface area (Å²) in [7, 11) is 3.33. The molecule has 4 nitrogen and oxygen atoms in total. The summed E-state index contributed by atoms with van der Waals surface area (Å²) in [5.41, 5.74) is 7.56. The monoisotopic (exact) mass is 294 g/mol. The van der Waals surface area contributed by atoms with E-state index in [-0.39, 0.29) is 11.6 Å². The van der Waals surface area contributed by atoms with Crippen LogP contribution in [0.4, 0.5) is 0 Å². The first-order chi connectivity index (χ1) is 9.98. The first kappa shape index (κ1) is 17.8. The minimum Gasteiger partial charge on any atom is -0.497 e. The summed E-state index contributed by atoms with van der Waals surface area (Å²) in [5, 5.41) is 0. The van der Waals surface area contributed by atoms with Crippen molar-refractivity contribution in [2.45, 2.75) is 45.7 Å². The van der Waals surface area contributed by atoms with Crippen molar-refractivity contribution in [1.82, 2.24) is 4.90 Å². The molecule has 0 aromatic heterocycles. The lowest BCUT2D eigenvalue weighted by Gasteiger charge is -2.44. The second kappa shape index (κ2) is 7.66. The molecule has 4 heteroatoms. The normalized spacial score (nSPS) is 15.6. The molecule has 0 amide bonds. The fraction of sp³-hybridized carbons (Fsp3) is 0.647. The van der Waals surface area contributed by atoms with Gasteiger partial charge in [-0.3, -0.25) is 4.90 Å². The van der Waals surface area contributed by atoms with E-state index in [0.717, 1.165) is 36.6 Å². The molecule has 0 aliphatic carbocycles. The van der Waals surface area contributed by atoms with E-state index in [9.17, 15) is 0 Å². The number of hydrogen-bond donors (Lipinski definition) is 1. The van der Waals surface area contributed by atoms with Gasteiger partial charge >= 0.3 is 0 Å². The van der Waals surface area contributed by atoms with Gasteiger partial charge in [-0.25, -0.2) is 0 Å². The molecular weight excluding hydrogens is 264 g/mol. The lowest BCUT2D eigenvalue weighted by atomic mass is 9.83. The third-order valence-electron chi connectivity index (χ3n) is 4.65. The van der Waals surface area contributed by atoms with Crippen LogP contribution >= 0.6 is 0 Å². The largest absolute Gasteiger partial charge is 0.497 e. The molecule has 120 valence electrons. The second-order valence-corrected chi connectivity index (χ2v) is 5.47. The third-order valence-corrected chi connectivity index (χ3v) is 4.65. The Bertz CT molecular complexity index is 446. The smallest absolute Gasteiger partial charge is 0.127 e. The van der Waals surface area contributed by atoms with Gasteiger partial charge in [0, 0.05) is 17.2 Å². The van der Waals surface area contributed by atoms with Gasteiger partial charge in [0.1, 0.15) is 11.5 Å². The lowest BCUT2D eigenvalue weighted by molar-refractivity contribution is 0.0835. The van der Waals surface area contributed by atoms with Gasteiger partial charge in [0.25, 0.3) is 0 Å². The highest BCUT2D eigenvalue weighted by Gasteiger charge is 2.37. The summed E-state index contributed by atoms with van der Waals surface area (Å²) in [5.74, 6) is 1.57. The summed E-state index contributed by atoms with van der Waals surface area (Å²) in [6.45, 7) is 10.7. The number of nitrogens with two attached hydrogens (primary N) is 1. The molecule has 2 unspecified atom stereocenters. The van der Waals surface area contributed by atoms with E-state index in [2.05, 4.69) is 32.6 Å². The fourth-order valence-electron chi connectivity index (χ4n) is 3.00. The number of benzene rings is 1. The van der Waals surface area contributed by atoms with Gasteiger partial charge in [-0.2, -0.15) is 0 Å². The average molecular weight is 294 g/mol. The number of likely N-dealkylation sites (N-methyl/N-ethyl adjacent to an activating group) is 1. The van der Waals surface area contributed by atoms with Crippen molar-refractivity contribution >= 4 is 0 Å². The van der Waals surface area contributed by atoms with Crippen LogP contribution in [0.2, 0.25) is 0 Å². The van der Waals surface area contributed by atoms with Crippen LogP contribution in [0.1, 0.15) is 45.7 Å². The van der Waals surface area contributed by atoms with Crippen molar-refractivity contribution in [2.24, 2.45) is 5.73 Å². The zero-order valence-electron chi connectivity index (χ0n) is 14.3.